The Morgan fingerprint density at radius 2 is 2.03 bits per heavy atom. The van der Waals surface area contributed by atoms with E-state index >= 15 is 0 Å². The fraction of sp³-hybridized carbons (Fsp3) is 0.238. The molecule has 1 saturated carbocycles. The molecule has 1 aliphatic rings. The van der Waals surface area contributed by atoms with Gasteiger partial charge in [0.1, 0.15) is 18.0 Å². The number of carbonyl (C=O) groups is 2. The normalized spacial score (nSPS) is 13.1. The molecule has 1 amide bonds. The lowest BCUT2D eigenvalue weighted by Gasteiger charge is -2.09. The van der Waals surface area contributed by atoms with Gasteiger partial charge >= 0.3 is 11.6 Å². The molecule has 0 radical (unpaired) electrons. The Balaban J connectivity index is 1.48. The summed E-state index contributed by atoms with van der Waals surface area (Å²) in [7, 11) is 0. The first-order chi connectivity index (χ1) is 14.0. The molecule has 1 fully saturated rings. The van der Waals surface area contributed by atoms with Crippen LogP contribution in [0.25, 0.3) is 11.0 Å². The molecule has 2 heterocycles. The number of ether oxygens (including phenoxy) is 1. The average Bonchev–Trinajstić information content (AvgIpc) is 3.49. The van der Waals surface area contributed by atoms with Gasteiger partial charge in [-0.3, -0.25) is 4.79 Å². The molecule has 3 aromatic rings. The van der Waals surface area contributed by atoms with Gasteiger partial charge in [-0.2, -0.15) is 0 Å². The molecule has 8 nitrogen and oxygen atoms in total. The highest BCUT2D eigenvalue weighted by Crippen LogP contribution is 2.24. The smallest absolute Gasteiger partial charge is 0.340 e. The van der Waals surface area contributed by atoms with Crippen LogP contribution in [0.3, 0.4) is 0 Å². The van der Waals surface area contributed by atoms with Crippen molar-refractivity contribution in [2.75, 3.05) is 10.6 Å². The van der Waals surface area contributed by atoms with Gasteiger partial charge in [0.15, 0.2) is 0 Å². The van der Waals surface area contributed by atoms with Crippen LogP contribution in [-0.2, 0) is 16.1 Å². The molecule has 2 aromatic heterocycles. The Morgan fingerprint density at radius 1 is 1.21 bits per heavy atom. The maximum absolute atomic E-state index is 12.3. The lowest BCUT2D eigenvalue weighted by atomic mass is 10.1. The molecule has 0 aliphatic heterocycles. The van der Waals surface area contributed by atoms with Gasteiger partial charge in [-0.15, -0.1) is 0 Å². The second-order valence-corrected chi connectivity index (χ2v) is 6.91. The van der Waals surface area contributed by atoms with E-state index in [0.717, 1.165) is 18.7 Å². The Morgan fingerprint density at radius 3 is 2.72 bits per heavy atom. The van der Waals surface area contributed by atoms with Crippen molar-refractivity contribution < 1.29 is 18.7 Å². The molecule has 1 aromatic carbocycles. The molecule has 0 unspecified atom stereocenters. The summed E-state index contributed by atoms with van der Waals surface area (Å²) in [5.74, 6) is -0.0406. The summed E-state index contributed by atoms with van der Waals surface area (Å²) in [4.78, 5) is 39.6. The van der Waals surface area contributed by atoms with Gasteiger partial charge in [0.2, 0.25) is 5.91 Å². The van der Waals surface area contributed by atoms with E-state index in [1.54, 1.807) is 30.3 Å². The maximum Gasteiger partial charge on any atom is 0.340 e. The van der Waals surface area contributed by atoms with E-state index in [2.05, 4.69) is 15.6 Å². The predicted octanol–water partition coefficient (Wildman–Crippen LogP) is 3.08. The Hall–Kier alpha value is -3.68. The number of hydrogen-bond acceptors (Lipinski definition) is 7. The number of nitrogens with zero attached hydrogens (tertiary/aromatic N) is 1. The van der Waals surface area contributed by atoms with Crippen molar-refractivity contribution in [2.45, 2.75) is 32.4 Å². The Labute approximate surface area is 165 Å². The number of benzene rings is 1. The van der Waals surface area contributed by atoms with E-state index in [1.165, 1.54) is 19.2 Å². The third-order valence-electron chi connectivity index (χ3n) is 4.44. The third-order valence-corrected chi connectivity index (χ3v) is 4.44. The van der Waals surface area contributed by atoms with E-state index in [1.807, 2.05) is 0 Å². The van der Waals surface area contributed by atoms with Crippen LogP contribution in [0.1, 0.15) is 35.7 Å². The third kappa shape index (κ3) is 4.60. The van der Waals surface area contributed by atoms with E-state index < -0.39 is 11.6 Å². The van der Waals surface area contributed by atoms with Crippen molar-refractivity contribution in [3.63, 3.8) is 0 Å². The molecule has 1 aliphatic carbocycles. The first-order valence-corrected chi connectivity index (χ1v) is 9.22. The number of nitrogens with one attached hydrogen (secondary N) is 2. The summed E-state index contributed by atoms with van der Waals surface area (Å²) in [6, 6.07) is 10.1. The topological polar surface area (TPSA) is 111 Å². The van der Waals surface area contributed by atoms with Crippen LogP contribution >= 0.6 is 0 Å². The van der Waals surface area contributed by atoms with E-state index in [0.29, 0.717) is 33.8 Å². The number of carbonyl (C=O) groups excluding carboxylic acids is 2. The highest BCUT2D eigenvalue weighted by Gasteiger charge is 2.21. The van der Waals surface area contributed by atoms with Gasteiger partial charge < -0.3 is 19.8 Å². The number of hydrogen-bond donors (Lipinski definition) is 2. The summed E-state index contributed by atoms with van der Waals surface area (Å²) in [6.07, 6.45) is 3.73. The van der Waals surface area contributed by atoms with Crippen LogP contribution in [0, 0.1) is 0 Å². The van der Waals surface area contributed by atoms with Gasteiger partial charge in [0, 0.05) is 47.9 Å². The van der Waals surface area contributed by atoms with E-state index in [4.69, 9.17) is 9.15 Å². The SMILES string of the molecule is CC(=O)Nc1ccc2c(COC(=O)c3ccc(NC4CC4)nc3)cc(=O)oc2c1. The molecule has 2 N–H and O–H groups in total. The first kappa shape index (κ1) is 18.7. The van der Waals surface area contributed by atoms with Crippen molar-refractivity contribution in [3.8, 4) is 0 Å². The molecule has 0 bridgehead atoms. The first-order valence-electron chi connectivity index (χ1n) is 9.22. The van der Waals surface area contributed by atoms with Crippen molar-refractivity contribution in [3.05, 3.63) is 64.1 Å². The fourth-order valence-electron chi connectivity index (χ4n) is 2.89. The van der Waals surface area contributed by atoms with Crippen molar-refractivity contribution in [1.29, 1.82) is 0 Å². The van der Waals surface area contributed by atoms with E-state index in [-0.39, 0.29) is 12.5 Å². The van der Waals surface area contributed by atoms with Crippen LogP contribution < -0.4 is 16.3 Å². The number of rotatable bonds is 6. The lowest BCUT2D eigenvalue weighted by Crippen LogP contribution is -2.09. The zero-order valence-electron chi connectivity index (χ0n) is 15.7. The van der Waals surface area contributed by atoms with Gasteiger partial charge in [-0.1, -0.05) is 0 Å². The van der Waals surface area contributed by atoms with Gasteiger partial charge in [-0.25, -0.2) is 14.6 Å². The van der Waals surface area contributed by atoms with Crippen LogP contribution in [-0.4, -0.2) is 22.9 Å². The van der Waals surface area contributed by atoms with Crippen LogP contribution in [0.15, 0.2) is 51.8 Å². The van der Waals surface area contributed by atoms with Crippen molar-refractivity contribution in [1.82, 2.24) is 4.98 Å². The van der Waals surface area contributed by atoms with Gasteiger partial charge in [-0.05, 0) is 37.1 Å². The second-order valence-electron chi connectivity index (χ2n) is 6.91. The number of esters is 1. The van der Waals surface area contributed by atoms with Crippen LogP contribution in [0.2, 0.25) is 0 Å². The summed E-state index contributed by atoms with van der Waals surface area (Å²) in [5.41, 5.74) is 1.08. The number of anilines is 2. The Bertz CT molecular complexity index is 1130. The lowest BCUT2D eigenvalue weighted by molar-refractivity contribution is -0.114. The number of fused-ring (bicyclic) bond motifs is 1. The summed E-state index contributed by atoms with van der Waals surface area (Å²) in [5, 5.41) is 6.50. The average molecular weight is 393 g/mol. The van der Waals surface area contributed by atoms with Gasteiger partial charge in [0.05, 0.1) is 5.56 Å². The number of aromatic nitrogens is 1. The monoisotopic (exact) mass is 393 g/mol. The summed E-state index contributed by atoms with van der Waals surface area (Å²) >= 11 is 0. The minimum absolute atomic E-state index is 0.0947. The van der Waals surface area contributed by atoms with Crippen LogP contribution in [0.5, 0.6) is 0 Å². The molecule has 29 heavy (non-hydrogen) atoms. The summed E-state index contributed by atoms with van der Waals surface area (Å²) < 4.78 is 10.6. The zero-order chi connectivity index (χ0) is 20.4. The molecule has 4 rings (SSSR count). The minimum Gasteiger partial charge on any atom is -0.457 e. The Kier molecular flexibility index (Phi) is 4.99. The quantitative estimate of drug-likeness (QED) is 0.489. The number of pyridine rings is 1. The zero-order valence-corrected chi connectivity index (χ0v) is 15.7. The molecule has 0 atom stereocenters. The minimum atomic E-state index is -0.569. The highest BCUT2D eigenvalue weighted by atomic mass is 16.5. The van der Waals surface area contributed by atoms with Crippen molar-refractivity contribution in [2.24, 2.45) is 0 Å². The predicted molar refractivity (Wildman–Crippen MR) is 107 cm³/mol. The van der Waals surface area contributed by atoms with Crippen LogP contribution in [0.4, 0.5) is 11.5 Å². The molecule has 148 valence electrons. The highest BCUT2D eigenvalue weighted by molar-refractivity contribution is 5.92. The molecule has 0 spiro atoms. The standard InChI is InChI=1S/C21H19N3O5/c1-12(25)23-16-5-6-17-14(8-20(26)29-18(17)9-16)11-28-21(27)13-2-7-19(22-10-13)24-15-3-4-15/h2,5-10,15H,3-4,11H2,1H3,(H,22,24)(H,23,25). The molecular formula is C21H19N3O5. The largest absolute Gasteiger partial charge is 0.457 e. The van der Waals surface area contributed by atoms with Gasteiger partial charge in [0.25, 0.3) is 0 Å². The molecular weight excluding hydrogens is 374 g/mol. The molecule has 0 saturated heterocycles. The fourth-order valence-corrected chi connectivity index (χ4v) is 2.89. The van der Waals surface area contributed by atoms with E-state index in [9.17, 15) is 14.4 Å². The second kappa shape index (κ2) is 7.75. The molecule has 8 heteroatoms. The number of amides is 1. The van der Waals surface area contributed by atoms with Crippen molar-refractivity contribution >= 4 is 34.4 Å². The maximum atomic E-state index is 12.3. The summed E-state index contributed by atoms with van der Waals surface area (Å²) in [6.45, 7) is 1.29.